The zero-order chi connectivity index (χ0) is 19.0. The van der Waals surface area contributed by atoms with Crippen LogP contribution in [0.2, 0.25) is 0 Å². The number of aliphatic hydroxyl groups is 1. The first-order chi connectivity index (χ1) is 12.9. The van der Waals surface area contributed by atoms with Gasteiger partial charge in [-0.3, -0.25) is 9.88 Å². The van der Waals surface area contributed by atoms with E-state index < -0.39 is 17.2 Å². The lowest BCUT2D eigenvalue weighted by atomic mass is 9.95. The van der Waals surface area contributed by atoms with Crippen molar-refractivity contribution in [3.8, 4) is 11.5 Å². The average molecular weight is 376 g/mol. The molecule has 0 amide bonds. The van der Waals surface area contributed by atoms with Gasteiger partial charge in [-0.05, 0) is 30.7 Å². The van der Waals surface area contributed by atoms with Crippen LogP contribution in [0.1, 0.15) is 18.5 Å². The van der Waals surface area contributed by atoms with Gasteiger partial charge in [0.05, 0.1) is 11.8 Å². The SMILES string of the molecule is Oc1ccc(CCN2C[C@H]3C[C@H](Oc4ccc(F)cc4F)C[C@@]3(O)C2)nc1. The Hall–Kier alpha value is -2.25. The summed E-state index contributed by atoms with van der Waals surface area (Å²) in [5.41, 5.74) is 0.0497. The predicted octanol–water partition coefficient (Wildman–Crippen LogP) is 2.51. The molecule has 2 fully saturated rings. The van der Waals surface area contributed by atoms with E-state index in [1.54, 1.807) is 12.1 Å². The van der Waals surface area contributed by atoms with Crippen LogP contribution >= 0.6 is 0 Å². The number of hydrogen-bond acceptors (Lipinski definition) is 5. The molecule has 0 bridgehead atoms. The minimum Gasteiger partial charge on any atom is -0.506 e. The average Bonchev–Trinajstić information content (AvgIpc) is 3.07. The number of aromatic hydroxyl groups is 1. The van der Waals surface area contributed by atoms with E-state index in [-0.39, 0.29) is 23.5 Å². The van der Waals surface area contributed by atoms with Gasteiger partial charge in [-0.1, -0.05) is 0 Å². The maximum Gasteiger partial charge on any atom is 0.167 e. The molecule has 2 aliphatic rings. The molecule has 0 unspecified atom stereocenters. The van der Waals surface area contributed by atoms with Gasteiger partial charge in [0, 0.05) is 50.2 Å². The highest BCUT2D eigenvalue weighted by atomic mass is 19.1. The summed E-state index contributed by atoms with van der Waals surface area (Å²) in [6.45, 7) is 2.07. The van der Waals surface area contributed by atoms with Gasteiger partial charge in [-0.25, -0.2) is 8.78 Å². The van der Waals surface area contributed by atoms with E-state index in [9.17, 15) is 19.0 Å². The minimum absolute atomic E-state index is 0.0280. The Balaban J connectivity index is 1.32. The van der Waals surface area contributed by atoms with Crippen LogP contribution in [-0.4, -0.2) is 51.4 Å². The smallest absolute Gasteiger partial charge is 0.167 e. The van der Waals surface area contributed by atoms with Gasteiger partial charge in [-0.2, -0.15) is 0 Å². The fourth-order valence-electron chi connectivity index (χ4n) is 4.23. The standard InChI is InChI=1S/C20H22F2N2O3/c21-14-1-4-19(18(22)8-14)27-17-7-13-11-24(12-20(13,26)9-17)6-5-15-2-3-16(25)10-23-15/h1-4,8,10,13,17,25-26H,5-7,9,11-12H2/t13-,17+,20-/m1/s1. The van der Waals surface area contributed by atoms with Crippen molar-refractivity contribution in [3.05, 3.63) is 53.9 Å². The molecule has 2 heterocycles. The molecule has 4 rings (SSSR count). The van der Waals surface area contributed by atoms with Gasteiger partial charge < -0.3 is 14.9 Å². The maximum atomic E-state index is 13.8. The van der Waals surface area contributed by atoms with Crippen LogP contribution in [0, 0.1) is 17.6 Å². The van der Waals surface area contributed by atoms with E-state index in [0.717, 1.165) is 31.3 Å². The highest BCUT2D eigenvalue weighted by molar-refractivity contribution is 5.25. The van der Waals surface area contributed by atoms with Crippen molar-refractivity contribution in [3.63, 3.8) is 0 Å². The molecule has 0 radical (unpaired) electrons. The molecule has 3 atom stereocenters. The first-order valence-corrected chi connectivity index (χ1v) is 9.12. The topological polar surface area (TPSA) is 65.8 Å². The first kappa shape index (κ1) is 18.1. The van der Waals surface area contributed by atoms with Gasteiger partial charge in [0.25, 0.3) is 0 Å². The molecule has 5 nitrogen and oxygen atoms in total. The summed E-state index contributed by atoms with van der Waals surface area (Å²) in [6.07, 6.45) is 2.96. The van der Waals surface area contributed by atoms with Crippen LogP contribution in [0.25, 0.3) is 0 Å². The van der Waals surface area contributed by atoms with Gasteiger partial charge in [0.2, 0.25) is 0 Å². The minimum atomic E-state index is -0.844. The van der Waals surface area contributed by atoms with E-state index in [4.69, 9.17) is 4.74 Å². The van der Waals surface area contributed by atoms with Crippen molar-refractivity contribution in [2.75, 3.05) is 19.6 Å². The van der Waals surface area contributed by atoms with E-state index in [2.05, 4.69) is 9.88 Å². The second-order valence-corrected chi connectivity index (χ2v) is 7.55. The number of hydrogen-bond donors (Lipinski definition) is 2. The number of aromatic nitrogens is 1. The summed E-state index contributed by atoms with van der Waals surface area (Å²) in [5, 5.41) is 20.3. The molecular weight excluding hydrogens is 354 g/mol. The zero-order valence-corrected chi connectivity index (χ0v) is 14.8. The predicted molar refractivity (Wildman–Crippen MR) is 94.5 cm³/mol. The molecule has 1 saturated heterocycles. The summed E-state index contributed by atoms with van der Waals surface area (Å²) < 4.78 is 32.5. The second kappa shape index (κ2) is 7.05. The number of benzene rings is 1. The van der Waals surface area contributed by atoms with Crippen LogP contribution in [0.3, 0.4) is 0 Å². The van der Waals surface area contributed by atoms with Crippen LogP contribution in [0.15, 0.2) is 36.5 Å². The van der Waals surface area contributed by atoms with Crippen molar-refractivity contribution in [1.82, 2.24) is 9.88 Å². The van der Waals surface area contributed by atoms with E-state index in [0.29, 0.717) is 19.4 Å². The number of halogens is 2. The molecule has 1 aliphatic carbocycles. The molecule has 0 spiro atoms. The Morgan fingerprint density at radius 2 is 2.11 bits per heavy atom. The maximum absolute atomic E-state index is 13.8. The fraction of sp³-hybridized carbons (Fsp3) is 0.450. The molecule has 7 heteroatoms. The molecule has 1 aromatic heterocycles. The van der Waals surface area contributed by atoms with Crippen LogP contribution in [0.4, 0.5) is 8.78 Å². The highest BCUT2D eigenvalue weighted by Crippen LogP contribution is 2.43. The Kier molecular flexibility index (Phi) is 4.74. The number of fused-ring (bicyclic) bond motifs is 1. The largest absolute Gasteiger partial charge is 0.506 e. The third-order valence-electron chi connectivity index (χ3n) is 5.55. The highest BCUT2D eigenvalue weighted by Gasteiger charge is 2.52. The van der Waals surface area contributed by atoms with Gasteiger partial charge in [-0.15, -0.1) is 0 Å². The molecule has 27 heavy (non-hydrogen) atoms. The molecule has 1 saturated carbocycles. The van der Waals surface area contributed by atoms with Crippen molar-refractivity contribution >= 4 is 0 Å². The van der Waals surface area contributed by atoms with Crippen molar-refractivity contribution in [1.29, 1.82) is 0 Å². The molecular formula is C20H22F2N2O3. The molecule has 144 valence electrons. The molecule has 2 N–H and O–H groups in total. The van der Waals surface area contributed by atoms with E-state index >= 15 is 0 Å². The second-order valence-electron chi connectivity index (χ2n) is 7.55. The van der Waals surface area contributed by atoms with Crippen LogP contribution in [-0.2, 0) is 6.42 Å². The number of pyridine rings is 1. The number of β-amino-alcohol motifs (C(OH)–C–C–N with tert-alkyl or cyclic N) is 1. The Morgan fingerprint density at radius 3 is 2.81 bits per heavy atom. The van der Waals surface area contributed by atoms with Gasteiger partial charge in [0.1, 0.15) is 17.7 Å². The molecule has 1 aliphatic heterocycles. The Bertz CT molecular complexity index is 817. The van der Waals surface area contributed by atoms with E-state index in [1.165, 1.54) is 18.3 Å². The number of rotatable bonds is 5. The Morgan fingerprint density at radius 1 is 1.26 bits per heavy atom. The summed E-state index contributed by atoms with van der Waals surface area (Å²) in [5.74, 6) is -1.12. The monoisotopic (exact) mass is 376 g/mol. The zero-order valence-electron chi connectivity index (χ0n) is 14.8. The normalized spacial score (nSPS) is 27.7. The lowest BCUT2D eigenvalue weighted by Gasteiger charge is -2.23. The Labute approximate surface area is 156 Å². The van der Waals surface area contributed by atoms with Crippen molar-refractivity contribution in [2.45, 2.75) is 31.0 Å². The first-order valence-electron chi connectivity index (χ1n) is 9.12. The summed E-state index contributed by atoms with van der Waals surface area (Å²) in [6, 6.07) is 6.67. The van der Waals surface area contributed by atoms with Crippen molar-refractivity contribution in [2.24, 2.45) is 5.92 Å². The van der Waals surface area contributed by atoms with Crippen molar-refractivity contribution < 1.29 is 23.7 Å². The van der Waals surface area contributed by atoms with Gasteiger partial charge in [0.15, 0.2) is 11.6 Å². The lowest BCUT2D eigenvalue weighted by Crippen LogP contribution is -2.36. The third kappa shape index (κ3) is 3.89. The fourth-order valence-corrected chi connectivity index (χ4v) is 4.23. The molecule has 1 aromatic carbocycles. The number of likely N-dealkylation sites (tertiary alicyclic amines) is 1. The van der Waals surface area contributed by atoms with E-state index in [1.807, 2.05) is 0 Å². The van der Waals surface area contributed by atoms with Gasteiger partial charge >= 0.3 is 0 Å². The van der Waals surface area contributed by atoms with Crippen LogP contribution < -0.4 is 4.74 Å². The summed E-state index contributed by atoms with van der Waals surface area (Å²) in [7, 11) is 0. The third-order valence-corrected chi connectivity index (χ3v) is 5.55. The lowest BCUT2D eigenvalue weighted by molar-refractivity contribution is 0.0217. The number of ether oxygens (including phenoxy) is 1. The molecule has 2 aromatic rings. The van der Waals surface area contributed by atoms with Crippen LogP contribution in [0.5, 0.6) is 11.5 Å². The summed E-state index contributed by atoms with van der Waals surface area (Å²) in [4.78, 5) is 6.38. The number of nitrogens with zero attached hydrogens (tertiary/aromatic N) is 2. The quantitative estimate of drug-likeness (QED) is 0.840. The summed E-state index contributed by atoms with van der Waals surface area (Å²) >= 11 is 0.